The van der Waals surface area contributed by atoms with Crippen LogP contribution < -0.4 is 10.3 Å². The normalized spacial score (nSPS) is 12.3. The molecule has 0 aliphatic carbocycles. The molecule has 0 spiro atoms. The molecule has 0 saturated heterocycles. The highest BCUT2D eigenvalue weighted by Crippen LogP contribution is 2.29. The first-order valence-electron chi connectivity index (χ1n) is 12.3. The van der Waals surface area contributed by atoms with E-state index in [2.05, 4.69) is 38.4 Å². The Morgan fingerprint density at radius 2 is 1.92 bits per heavy atom. The molecule has 0 aliphatic heterocycles. The molecular formula is C28H30N6O3. The summed E-state index contributed by atoms with van der Waals surface area (Å²) in [5, 5.41) is 13.6. The molecule has 9 nitrogen and oxygen atoms in total. The van der Waals surface area contributed by atoms with Crippen LogP contribution in [0.2, 0.25) is 0 Å². The summed E-state index contributed by atoms with van der Waals surface area (Å²) in [4.78, 5) is 18.4. The van der Waals surface area contributed by atoms with Crippen molar-refractivity contribution in [2.24, 2.45) is 0 Å². The Bertz CT molecular complexity index is 1540. The summed E-state index contributed by atoms with van der Waals surface area (Å²) in [7, 11) is 1.67. The molecule has 37 heavy (non-hydrogen) atoms. The zero-order valence-electron chi connectivity index (χ0n) is 21.2. The number of tetrazole rings is 1. The average molecular weight is 499 g/mol. The first-order valence-corrected chi connectivity index (χ1v) is 12.3. The van der Waals surface area contributed by atoms with Gasteiger partial charge in [-0.3, -0.25) is 9.69 Å². The van der Waals surface area contributed by atoms with Gasteiger partial charge in [-0.2, -0.15) is 0 Å². The zero-order valence-corrected chi connectivity index (χ0v) is 21.2. The number of aromatic nitrogens is 5. The van der Waals surface area contributed by atoms with Gasteiger partial charge in [-0.15, -0.1) is 5.10 Å². The summed E-state index contributed by atoms with van der Waals surface area (Å²) < 4.78 is 12.9. The van der Waals surface area contributed by atoms with Crippen molar-refractivity contribution in [2.75, 3.05) is 7.11 Å². The van der Waals surface area contributed by atoms with Gasteiger partial charge in [-0.25, -0.2) is 4.68 Å². The molecule has 9 heteroatoms. The lowest BCUT2D eigenvalue weighted by Gasteiger charge is -2.30. The summed E-state index contributed by atoms with van der Waals surface area (Å²) in [6, 6.07) is 19.5. The summed E-state index contributed by atoms with van der Waals surface area (Å²) >= 11 is 0. The largest absolute Gasteiger partial charge is 0.496 e. The lowest BCUT2D eigenvalue weighted by Crippen LogP contribution is -2.32. The van der Waals surface area contributed by atoms with Crippen LogP contribution >= 0.6 is 0 Å². The quantitative estimate of drug-likeness (QED) is 0.300. The van der Waals surface area contributed by atoms with E-state index in [4.69, 9.17) is 9.15 Å². The van der Waals surface area contributed by atoms with Crippen molar-refractivity contribution in [1.82, 2.24) is 30.1 Å². The Balaban J connectivity index is 1.55. The highest BCUT2D eigenvalue weighted by Gasteiger charge is 2.27. The number of fused-ring (bicyclic) bond motifs is 1. The van der Waals surface area contributed by atoms with Gasteiger partial charge in [0.15, 0.2) is 5.82 Å². The maximum Gasteiger partial charge on any atom is 0.252 e. The van der Waals surface area contributed by atoms with Crippen LogP contribution in [0.15, 0.2) is 76.1 Å². The van der Waals surface area contributed by atoms with E-state index in [-0.39, 0.29) is 11.6 Å². The predicted octanol–water partition coefficient (Wildman–Crippen LogP) is 4.63. The molecule has 0 fully saturated rings. The highest BCUT2D eigenvalue weighted by atomic mass is 16.5. The number of hydrogen-bond acceptors (Lipinski definition) is 7. The molecule has 190 valence electrons. The van der Waals surface area contributed by atoms with Crippen molar-refractivity contribution in [2.45, 2.75) is 45.9 Å². The first-order chi connectivity index (χ1) is 18.1. The lowest BCUT2D eigenvalue weighted by molar-refractivity contribution is 0.159. The maximum atomic E-state index is 13.1. The number of aromatic amines is 1. The summed E-state index contributed by atoms with van der Waals surface area (Å²) in [5.41, 5.74) is 3.55. The Kier molecular flexibility index (Phi) is 7.14. The van der Waals surface area contributed by atoms with Gasteiger partial charge in [0.1, 0.15) is 18.1 Å². The third-order valence-electron chi connectivity index (χ3n) is 6.59. The van der Waals surface area contributed by atoms with Crippen molar-refractivity contribution in [1.29, 1.82) is 0 Å². The third-order valence-corrected chi connectivity index (χ3v) is 6.59. The van der Waals surface area contributed by atoms with Crippen LogP contribution in [-0.2, 0) is 19.6 Å². The van der Waals surface area contributed by atoms with Gasteiger partial charge in [0.05, 0.1) is 19.4 Å². The molecule has 2 aromatic carbocycles. The minimum Gasteiger partial charge on any atom is -0.496 e. The summed E-state index contributed by atoms with van der Waals surface area (Å²) in [6.07, 6.45) is 2.37. The maximum absolute atomic E-state index is 13.1. The van der Waals surface area contributed by atoms with E-state index >= 15 is 0 Å². The van der Waals surface area contributed by atoms with Crippen LogP contribution in [-0.4, -0.2) is 37.2 Å². The van der Waals surface area contributed by atoms with Gasteiger partial charge in [0.25, 0.3) is 5.56 Å². The van der Waals surface area contributed by atoms with Crippen LogP contribution in [0.5, 0.6) is 5.75 Å². The second kappa shape index (κ2) is 10.8. The Morgan fingerprint density at radius 1 is 1.08 bits per heavy atom. The van der Waals surface area contributed by atoms with Crippen molar-refractivity contribution in [3.05, 3.63) is 106 Å². The number of nitrogens with one attached hydrogen (secondary N) is 1. The molecule has 0 radical (unpaired) electrons. The molecular weight excluding hydrogens is 468 g/mol. The van der Waals surface area contributed by atoms with E-state index in [0.717, 1.165) is 40.0 Å². The van der Waals surface area contributed by atoms with E-state index in [1.165, 1.54) is 0 Å². The standard InChI is InChI=1S/C28H30N6O3/c1-4-25(27-30-31-32-34(27)18-23-9-7-13-37-23)33(16-20-8-5-6-10-26(20)36-3)17-22-15-21-14-19(2)11-12-24(21)29-28(22)35/h5-15,25H,4,16-18H2,1-3H3,(H,29,35)/t25-/m0/s1. The lowest BCUT2D eigenvalue weighted by atomic mass is 10.1. The summed E-state index contributed by atoms with van der Waals surface area (Å²) in [5.74, 6) is 2.27. The molecule has 3 heterocycles. The van der Waals surface area contributed by atoms with Gasteiger partial charge in [0, 0.05) is 29.7 Å². The Hall–Kier alpha value is -4.24. The minimum absolute atomic E-state index is 0.105. The number of nitrogens with zero attached hydrogens (tertiary/aromatic N) is 5. The van der Waals surface area contributed by atoms with Crippen molar-refractivity contribution in [3.8, 4) is 5.75 Å². The van der Waals surface area contributed by atoms with Crippen LogP contribution in [0, 0.1) is 6.92 Å². The molecule has 3 aromatic heterocycles. The first kappa shape index (κ1) is 24.5. The highest BCUT2D eigenvalue weighted by molar-refractivity contribution is 5.79. The molecule has 5 rings (SSSR count). The minimum atomic E-state index is -0.164. The molecule has 5 aromatic rings. The van der Waals surface area contributed by atoms with Gasteiger partial charge in [0.2, 0.25) is 0 Å². The van der Waals surface area contributed by atoms with Gasteiger partial charge < -0.3 is 14.1 Å². The fourth-order valence-corrected chi connectivity index (χ4v) is 4.75. The number of H-pyrrole nitrogens is 1. The number of para-hydroxylation sites is 1. The van der Waals surface area contributed by atoms with E-state index in [1.54, 1.807) is 18.1 Å². The number of rotatable bonds is 10. The molecule has 1 atom stereocenters. The Labute approximate surface area is 214 Å². The molecule has 0 aliphatic rings. The second-order valence-electron chi connectivity index (χ2n) is 9.13. The summed E-state index contributed by atoms with van der Waals surface area (Å²) in [6.45, 7) is 5.51. The number of methoxy groups -OCH3 is 1. The van der Waals surface area contributed by atoms with E-state index < -0.39 is 0 Å². The molecule has 0 amide bonds. The van der Waals surface area contributed by atoms with Crippen LogP contribution in [0.1, 0.15) is 47.7 Å². The van der Waals surface area contributed by atoms with E-state index in [1.807, 2.05) is 61.5 Å². The molecule has 0 unspecified atom stereocenters. The molecule has 1 N–H and O–H groups in total. The fourth-order valence-electron chi connectivity index (χ4n) is 4.75. The number of aryl methyl sites for hydroxylation is 1. The smallest absolute Gasteiger partial charge is 0.252 e. The van der Waals surface area contributed by atoms with Crippen LogP contribution in [0.3, 0.4) is 0 Å². The SMILES string of the molecule is CC[C@@H](c1nnnn1Cc1ccco1)N(Cc1ccccc1OC)Cc1cc2cc(C)ccc2[nH]c1=O. The zero-order chi connectivity index (χ0) is 25.8. The van der Waals surface area contributed by atoms with Gasteiger partial charge in [-0.05, 0) is 65.6 Å². The number of benzene rings is 2. The number of ether oxygens (including phenoxy) is 1. The van der Waals surface area contributed by atoms with Crippen LogP contribution in [0.25, 0.3) is 10.9 Å². The molecule has 0 bridgehead atoms. The topological polar surface area (TPSA) is 102 Å². The predicted molar refractivity (Wildman–Crippen MR) is 140 cm³/mol. The number of pyridine rings is 1. The van der Waals surface area contributed by atoms with E-state index in [0.29, 0.717) is 31.0 Å². The fraction of sp³-hybridized carbons (Fsp3) is 0.286. The van der Waals surface area contributed by atoms with Gasteiger partial charge in [-0.1, -0.05) is 36.8 Å². The van der Waals surface area contributed by atoms with Crippen molar-refractivity contribution < 1.29 is 9.15 Å². The van der Waals surface area contributed by atoms with Crippen molar-refractivity contribution in [3.63, 3.8) is 0 Å². The van der Waals surface area contributed by atoms with Gasteiger partial charge >= 0.3 is 0 Å². The monoisotopic (exact) mass is 498 g/mol. The number of furan rings is 1. The molecule has 0 saturated carbocycles. The van der Waals surface area contributed by atoms with Crippen molar-refractivity contribution >= 4 is 10.9 Å². The number of hydrogen-bond donors (Lipinski definition) is 1. The van der Waals surface area contributed by atoms with Crippen LogP contribution in [0.4, 0.5) is 0 Å². The van der Waals surface area contributed by atoms with E-state index in [9.17, 15) is 4.79 Å². The third kappa shape index (κ3) is 5.31. The average Bonchev–Trinajstić information content (AvgIpc) is 3.58. The second-order valence-corrected chi connectivity index (χ2v) is 9.13. The Morgan fingerprint density at radius 3 is 2.70 bits per heavy atom.